The van der Waals surface area contributed by atoms with E-state index in [2.05, 4.69) is 24.7 Å². The van der Waals surface area contributed by atoms with Crippen LogP contribution in [0, 0.1) is 18.9 Å². The lowest BCUT2D eigenvalue weighted by molar-refractivity contribution is 0.391. The van der Waals surface area contributed by atoms with Gasteiger partial charge in [0.25, 0.3) is 0 Å². The summed E-state index contributed by atoms with van der Waals surface area (Å²) >= 11 is 0. The monoisotopic (exact) mass is 110 g/mol. The fourth-order valence-corrected chi connectivity index (χ4v) is 0.512. The van der Waals surface area contributed by atoms with Crippen molar-refractivity contribution in [1.29, 1.82) is 0 Å². The molecular formula is C7H12N. The number of nitrogens with zero attached hydrogens (tertiary/aromatic N) is 1. The van der Waals surface area contributed by atoms with Crippen molar-refractivity contribution in [2.24, 2.45) is 0 Å². The predicted molar refractivity (Wildman–Crippen MR) is 36.1 cm³/mol. The molecule has 0 fully saturated rings. The minimum absolute atomic E-state index is 1.00. The van der Waals surface area contributed by atoms with Crippen LogP contribution in [0.4, 0.5) is 0 Å². The average Bonchev–Trinajstić information content (AvgIpc) is 1.83. The molecule has 0 aliphatic rings. The summed E-state index contributed by atoms with van der Waals surface area (Å²) in [5, 5.41) is 0. The highest BCUT2D eigenvalue weighted by molar-refractivity contribution is 4.99. The predicted octanol–water partition coefficient (Wildman–Crippen LogP) is 1.12. The Hall–Kier alpha value is -0.480. The van der Waals surface area contributed by atoms with Gasteiger partial charge in [-0.1, -0.05) is 19.8 Å². The molecule has 1 radical (unpaired) electrons. The van der Waals surface area contributed by atoms with Crippen LogP contribution >= 0.6 is 0 Å². The Balaban J connectivity index is 3.25. The van der Waals surface area contributed by atoms with Gasteiger partial charge in [0, 0.05) is 0 Å². The first-order chi connectivity index (χ1) is 3.85. The van der Waals surface area contributed by atoms with Crippen molar-refractivity contribution < 1.29 is 0 Å². The fourth-order valence-electron chi connectivity index (χ4n) is 0.512. The van der Waals surface area contributed by atoms with Crippen LogP contribution in [0.1, 0.15) is 13.8 Å². The van der Waals surface area contributed by atoms with Gasteiger partial charge in [-0.3, -0.25) is 4.90 Å². The lowest BCUT2D eigenvalue weighted by Crippen LogP contribution is -2.18. The molecule has 0 saturated carbocycles. The van der Waals surface area contributed by atoms with Crippen LogP contribution in [0.2, 0.25) is 0 Å². The van der Waals surface area contributed by atoms with E-state index in [1.165, 1.54) is 0 Å². The highest BCUT2D eigenvalue weighted by Crippen LogP contribution is 1.87. The molecule has 0 atom stereocenters. The second kappa shape index (κ2) is 4.67. The lowest BCUT2D eigenvalue weighted by atomic mass is 10.5. The molecule has 0 aromatic heterocycles. The van der Waals surface area contributed by atoms with Gasteiger partial charge in [0.1, 0.15) is 0 Å². The fraction of sp³-hybridized carbons (Fsp3) is 0.571. The zero-order valence-corrected chi connectivity index (χ0v) is 5.52. The Morgan fingerprint density at radius 2 is 2.00 bits per heavy atom. The minimum Gasteiger partial charge on any atom is -0.288 e. The highest BCUT2D eigenvalue weighted by atomic mass is 15.1. The Morgan fingerprint density at radius 1 is 1.50 bits per heavy atom. The van der Waals surface area contributed by atoms with Gasteiger partial charge in [-0.05, 0) is 13.1 Å². The van der Waals surface area contributed by atoms with Crippen molar-refractivity contribution in [2.75, 3.05) is 13.1 Å². The van der Waals surface area contributed by atoms with Crippen molar-refractivity contribution in [2.45, 2.75) is 13.8 Å². The SMILES string of the molecule is C#C[CH]N(CC)CC. The standard InChI is InChI=1S/C7H12N/c1-4-7-8(5-2)6-3/h1,7H,5-6H2,2-3H3. The van der Waals surface area contributed by atoms with E-state index < -0.39 is 0 Å². The summed E-state index contributed by atoms with van der Waals surface area (Å²) in [6, 6.07) is 0. The van der Waals surface area contributed by atoms with Crippen LogP contribution in [0.5, 0.6) is 0 Å². The van der Waals surface area contributed by atoms with Crippen LogP contribution in [0.25, 0.3) is 0 Å². The molecule has 0 heterocycles. The van der Waals surface area contributed by atoms with Crippen molar-refractivity contribution in [3.63, 3.8) is 0 Å². The van der Waals surface area contributed by atoms with Crippen molar-refractivity contribution in [3.8, 4) is 12.3 Å². The second-order valence-electron chi connectivity index (χ2n) is 1.52. The van der Waals surface area contributed by atoms with Gasteiger partial charge in [0.05, 0.1) is 6.54 Å². The Kier molecular flexibility index (Phi) is 4.39. The number of hydrogen-bond donors (Lipinski definition) is 0. The molecule has 0 spiro atoms. The molecule has 0 rings (SSSR count). The molecule has 0 N–H and O–H groups in total. The van der Waals surface area contributed by atoms with Crippen LogP contribution in [-0.2, 0) is 0 Å². The molecule has 45 valence electrons. The largest absolute Gasteiger partial charge is 0.288 e. The maximum absolute atomic E-state index is 5.03. The first-order valence-electron chi connectivity index (χ1n) is 2.88. The smallest absolute Gasteiger partial charge is 0.0983 e. The molecule has 1 heteroatoms. The maximum atomic E-state index is 5.03. The summed E-state index contributed by atoms with van der Waals surface area (Å²) in [7, 11) is 0. The third kappa shape index (κ3) is 2.65. The lowest BCUT2D eigenvalue weighted by Gasteiger charge is -2.11. The van der Waals surface area contributed by atoms with E-state index in [-0.39, 0.29) is 0 Å². The summed E-state index contributed by atoms with van der Waals surface area (Å²) < 4.78 is 0. The third-order valence-electron chi connectivity index (χ3n) is 1.07. The van der Waals surface area contributed by atoms with E-state index in [9.17, 15) is 0 Å². The van der Waals surface area contributed by atoms with E-state index in [4.69, 9.17) is 6.42 Å². The highest BCUT2D eigenvalue weighted by Gasteiger charge is 1.92. The average molecular weight is 110 g/mol. The Bertz CT molecular complexity index is 76.9. The van der Waals surface area contributed by atoms with Crippen molar-refractivity contribution >= 4 is 0 Å². The summed E-state index contributed by atoms with van der Waals surface area (Å²) in [5.41, 5.74) is 0. The number of hydrogen-bond acceptors (Lipinski definition) is 1. The summed E-state index contributed by atoms with van der Waals surface area (Å²) in [4.78, 5) is 2.07. The van der Waals surface area contributed by atoms with Gasteiger partial charge in [0.15, 0.2) is 0 Å². The molecule has 0 bridgehead atoms. The van der Waals surface area contributed by atoms with Gasteiger partial charge in [-0.25, -0.2) is 0 Å². The van der Waals surface area contributed by atoms with Crippen LogP contribution in [-0.4, -0.2) is 18.0 Å². The van der Waals surface area contributed by atoms with E-state index in [0.717, 1.165) is 13.1 Å². The molecule has 0 aromatic carbocycles. The molecule has 8 heavy (non-hydrogen) atoms. The Labute approximate surface area is 51.7 Å². The third-order valence-corrected chi connectivity index (χ3v) is 1.07. The van der Waals surface area contributed by atoms with Crippen molar-refractivity contribution in [3.05, 3.63) is 6.54 Å². The Morgan fingerprint density at radius 3 is 2.12 bits per heavy atom. The maximum Gasteiger partial charge on any atom is 0.0983 e. The van der Waals surface area contributed by atoms with Gasteiger partial charge in [0.2, 0.25) is 0 Å². The van der Waals surface area contributed by atoms with Crippen molar-refractivity contribution in [1.82, 2.24) is 4.90 Å². The first-order valence-corrected chi connectivity index (χ1v) is 2.88. The van der Waals surface area contributed by atoms with Crippen LogP contribution < -0.4 is 0 Å². The minimum atomic E-state index is 1.00. The van der Waals surface area contributed by atoms with E-state index in [1.807, 2.05) is 0 Å². The van der Waals surface area contributed by atoms with Gasteiger partial charge in [-0.2, -0.15) is 0 Å². The zero-order chi connectivity index (χ0) is 6.41. The number of rotatable bonds is 3. The molecule has 0 aliphatic carbocycles. The van der Waals surface area contributed by atoms with Crippen LogP contribution in [0.3, 0.4) is 0 Å². The summed E-state index contributed by atoms with van der Waals surface area (Å²) in [6.45, 7) is 7.93. The molecule has 0 unspecified atom stereocenters. The van der Waals surface area contributed by atoms with Gasteiger partial charge in [-0.15, -0.1) is 6.42 Å². The van der Waals surface area contributed by atoms with Gasteiger partial charge < -0.3 is 0 Å². The molecule has 0 aliphatic heterocycles. The second-order valence-corrected chi connectivity index (χ2v) is 1.52. The summed E-state index contributed by atoms with van der Waals surface area (Å²) in [6.07, 6.45) is 5.03. The summed E-state index contributed by atoms with van der Waals surface area (Å²) in [5.74, 6) is 2.47. The molecule has 1 nitrogen and oxygen atoms in total. The van der Waals surface area contributed by atoms with Crippen LogP contribution in [0.15, 0.2) is 0 Å². The molecule has 0 amide bonds. The molecule has 0 saturated heterocycles. The van der Waals surface area contributed by atoms with E-state index >= 15 is 0 Å². The van der Waals surface area contributed by atoms with E-state index in [0.29, 0.717) is 0 Å². The van der Waals surface area contributed by atoms with E-state index in [1.54, 1.807) is 6.54 Å². The normalized spacial score (nSPS) is 9.25. The first kappa shape index (κ1) is 7.52. The zero-order valence-electron chi connectivity index (χ0n) is 5.52. The topological polar surface area (TPSA) is 3.24 Å². The number of terminal acetylenes is 1. The molecular weight excluding hydrogens is 98.1 g/mol. The quantitative estimate of drug-likeness (QED) is 0.492. The molecule has 0 aromatic rings. The van der Waals surface area contributed by atoms with Gasteiger partial charge >= 0.3 is 0 Å².